The van der Waals surface area contributed by atoms with Gasteiger partial charge in [0, 0.05) is 53.8 Å². The van der Waals surface area contributed by atoms with E-state index in [1.165, 1.54) is 0 Å². The molecular weight excluding hydrogens is 452 g/mol. The minimum atomic E-state index is -0.0167. The number of aromatic amines is 1. The number of piperazine rings is 1. The average molecular weight is 481 g/mol. The van der Waals surface area contributed by atoms with Gasteiger partial charge in [-0.15, -0.1) is 0 Å². The maximum Gasteiger partial charge on any atom is 0.253 e. The van der Waals surface area contributed by atoms with Crippen LogP contribution in [0.1, 0.15) is 37.4 Å². The Hall–Kier alpha value is -4.23. The average Bonchev–Trinajstić information content (AvgIpc) is 3.21. The highest BCUT2D eigenvalue weighted by Gasteiger charge is 2.21. The molecule has 2 heterocycles. The quantitative estimate of drug-likeness (QED) is 0.324. The maximum absolute atomic E-state index is 12.9. The third-order valence-electron chi connectivity index (χ3n) is 6.72. The molecule has 7 heteroatoms. The molecule has 1 amide bonds. The van der Waals surface area contributed by atoms with Crippen molar-refractivity contribution in [3.8, 4) is 5.88 Å². The van der Waals surface area contributed by atoms with E-state index < -0.39 is 0 Å². The van der Waals surface area contributed by atoms with Gasteiger partial charge in [-0.05, 0) is 55.9 Å². The van der Waals surface area contributed by atoms with Crippen molar-refractivity contribution in [3.05, 3.63) is 94.5 Å². The van der Waals surface area contributed by atoms with E-state index >= 15 is 0 Å². The SMILES string of the molecule is Cc1cc2c(C(=Nc3ccc(C(=O)N4CCN(C)CC4)cc3)c3ccccc3)c(O)[nH]c2cc1C=O. The molecule has 182 valence electrons. The molecule has 0 aliphatic carbocycles. The molecule has 1 aliphatic heterocycles. The molecule has 1 aromatic heterocycles. The number of rotatable bonds is 5. The number of H-pyrrole nitrogens is 1. The van der Waals surface area contributed by atoms with E-state index in [0.717, 1.165) is 49.0 Å². The number of amides is 1. The van der Waals surface area contributed by atoms with Gasteiger partial charge in [0.15, 0.2) is 5.88 Å². The number of aryl methyl sites for hydroxylation is 1. The molecule has 1 fully saturated rings. The van der Waals surface area contributed by atoms with Gasteiger partial charge in [-0.3, -0.25) is 9.59 Å². The number of aromatic hydroxyl groups is 1. The number of aldehydes is 1. The topological polar surface area (TPSA) is 89.0 Å². The van der Waals surface area contributed by atoms with Crippen LogP contribution in [0.15, 0.2) is 71.7 Å². The van der Waals surface area contributed by atoms with Crippen molar-refractivity contribution >= 4 is 34.5 Å². The molecule has 0 radical (unpaired) electrons. The molecule has 7 nitrogen and oxygen atoms in total. The molecule has 0 bridgehead atoms. The molecule has 0 atom stereocenters. The number of hydrogen-bond acceptors (Lipinski definition) is 5. The van der Waals surface area contributed by atoms with Gasteiger partial charge in [0.25, 0.3) is 5.91 Å². The first-order valence-corrected chi connectivity index (χ1v) is 12.0. The van der Waals surface area contributed by atoms with Gasteiger partial charge >= 0.3 is 0 Å². The predicted octanol–water partition coefficient (Wildman–Crippen LogP) is 4.55. The molecule has 0 spiro atoms. The minimum Gasteiger partial charge on any atom is -0.494 e. The van der Waals surface area contributed by atoms with E-state index in [1.807, 2.05) is 60.4 Å². The zero-order valence-corrected chi connectivity index (χ0v) is 20.4. The number of hydrogen-bond donors (Lipinski definition) is 2. The standard InChI is InChI=1S/C29H28N4O3/c1-19-16-24-25(17-22(19)18-34)31-28(35)26(24)27(20-6-4-3-5-7-20)30-23-10-8-21(9-11-23)29(36)33-14-12-32(2)13-15-33/h3-11,16-18,31,35H,12-15H2,1-2H3. The molecule has 1 saturated heterocycles. The van der Waals surface area contributed by atoms with Crippen LogP contribution in [-0.4, -0.2) is 71.0 Å². The van der Waals surface area contributed by atoms with Crippen LogP contribution in [0.2, 0.25) is 0 Å². The van der Waals surface area contributed by atoms with Gasteiger partial charge < -0.3 is 19.9 Å². The van der Waals surface area contributed by atoms with Crippen LogP contribution in [0.3, 0.4) is 0 Å². The molecule has 3 aromatic carbocycles. The van der Waals surface area contributed by atoms with Gasteiger partial charge in [-0.2, -0.15) is 0 Å². The summed E-state index contributed by atoms with van der Waals surface area (Å²) in [6.45, 7) is 5.05. The lowest BCUT2D eigenvalue weighted by Gasteiger charge is -2.32. The predicted molar refractivity (Wildman–Crippen MR) is 142 cm³/mol. The van der Waals surface area contributed by atoms with Gasteiger partial charge in [0.1, 0.15) is 6.29 Å². The Labute approximate surface area is 209 Å². The lowest BCUT2D eigenvalue weighted by molar-refractivity contribution is 0.0664. The van der Waals surface area contributed by atoms with Crippen LogP contribution in [-0.2, 0) is 0 Å². The molecule has 2 N–H and O–H groups in total. The first-order chi connectivity index (χ1) is 17.4. The monoisotopic (exact) mass is 480 g/mol. The number of aromatic nitrogens is 1. The number of likely N-dealkylation sites (N-methyl/N-ethyl adjacent to an activating group) is 1. The van der Waals surface area contributed by atoms with Crippen molar-refractivity contribution in [2.24, 2.45) is 4.99 Å². The second-order valence-electron chi connectivity index (χ2n) is 9.19. The van der Waals surface area contributed by atoms with Crippen LogP contribution in [0.5, 0.6) is 5.88 Å². The Morgan fingerprint density at radius 1 is 0.972 bits per heavy atom. The summed E-state index contributed by atoms with van der Waals surface area (Å²) in [6, 6.07) is 20.5. The summed E-state index contributed by atoms with van der Waals surface area (Å²) >= 11 is 0. The zero-order valence-electron chi connectivity index (χ0n) is 20.4. The molecule has 1 aliphatic rings. The normalized spacial score (nSPS) is 14.8. The Morgan fingerprint density at radius 2 is 1.67 bits per heavy atom. The lowest BCUT2D eigenvalue weighted by atomic mass is 9.98. The summed E-state index contributed by atoms with van der Waals surface area (Å²) in [5.41, 5.74) is 5.33. The van der Waals surface area contributed by atoms with E-state index in [0.29, 0.717) is 33.6 Å². The number of benzene rings is 3. The molecule has 5 rings (SSSR count). The van der Waals surface area contributed by atoms with Crippen molar-refractivity contribution in [1.29, 1.82) is 0 Å². The number of nitrogens with one attached hydrogen (secondary N) is 1. The van der Waals surface area contributed by atoms with E-state index in [-0.39, 0.29) is 11.8 Å². The van der Waals surface area contributed by atoms with Gasteiger partial charge in [-0.25, -0.2) is 4.99 Å². The molecule has 36 heavy (non-hydrogen) atoms. The Balaban J connectivity index is 1.55. The van der Waals surface area contributed by atoms with Gasteiger partial charge in [0.05, 0.1) is 17.0 Å². The summed E-state index contributed by atoms with van der Waals surface area (Å²) in [7, 11) is 2.06. The fourth-order valence-electron chi connectivity index (χ4n) is 4.58. The molecule has 0 unspecified atom stereocenters. The summed E-state index contributed by atoms with van der Waals surface area (Å²) in [4.78, 5) is 36.4. The third kappa shape index (κ3) is 4.53. The third-order valence-corrected chi connectivity index (χ3v) is 6.72. The number of nitrogens with zero attached hydrogens (tertiary/aromatic N) is 3. The van der Waals surface area contributed by atoms with Crippen molar-refractivity contribution in [2.75, 3.05) is 33.2 Å². The first kappa shape index (κ1) is 23.5. The zero-order chi connectivity index (χ0) is 25.2. The van der Waals surface area contributed by atoms with Crippen LogP contribution in [0, 0.1) is 6.92 Å². The van der Waals surface area contributed by atoms with Crippen LogP contribution in [0.4, 0.5) is 5.69 Å². The van der Waals surface area contributed by atoms with E-state index in [2.05, 4.69) is 16.9 Å². The minimum absolute atomic E-state index is 0.0167. The fraction of sp³-hybridized carbons (Fsp3) is 0.207. The Morgan fingerprint density at radius 3 is 2.33 bits per heavy atom. The van der Waals surface area contributed by atoms with Gasteiger partial charge in [-0.1, -0.05) is 30.3 Å². The number of aliphatic imine (C=N–C) groups is 1. The molecule has 0 saturated carbocycles. The van der Waals surface area contributed by atoms with Gasteiger partial charge in [0.2, 0.25) is 0 Å². The summed E-state index contributed by atoms with van der Waals surface area (Å²) in [6.07, 6.45) is 0.809. The Kier molecular flexibility index (Phi) is 6.40. The summed E-state index contributed by atoms with van der Waals surface area (Å²) in [5, 5.41) is 11.7. The summed E-state index contributed by atoms with van der Waals surface area (Å²) in [5.74, 6) is 0.00885. The highest BCUT2D eigenvalue weighted by atomic mass is 16.3. The maximum atomic E-state index is 12.9. The van der Waals surface area contributed by atoms with Crippen molar-refractivity contribution < 1.29 is 14.7 Å². The smallest absolute Gasteiger partial charge is 0.253 e. The largest absolute Gasteiger partial charge is 0.494 e. The van der Waals surface area contributed by atoms with Crippen molar-refractivity contribution in [3.63, 3.8) is 0 Å². The van der Waals surface area contributed by atoms with Crippen molar-refractivity contribution in [1.82, 2.24) is 14.8 Å². The van der Waals surface area contributed by atoms with Crippen molar-refractivity contribution in [2.45, 2.75) is 6.92 Å². The second-order valence-corrected chi connectivity index (χ2v) is 9.19. The number of carbonyl (C=O) groups excluding carboxylic acids is 2. The fourth-order valence-corrected chi connectivity index (χ4v) is 4.58. The Bertz CT molecular complexity index is 1450. The first-order valence-electron chi connectivity index (χ1n) is 12.0. The highest BCUT2D eigenvalue weighted by molar-refractivity contribution is 6.22. The van der Waals surface area contributed by atoms with Crippen LogP contribution >= 0.6 is 0 Å². The van der Waals surface area contributed by atoms with E-state index in [4.69, 9.17) is 4.99 Å². The van der Waals surface area contributed by atoms with E-state index in [9.17, 15) is 14.7 Å². The van der Waals surface area contributed by atoms with E-state index in [1.54, 1.807) is 18.2 Å². The van der Waals surface area contributed by atoms with Crippen LogP contribution < -0.4 is 0 Å². The van der Waals surface area contributed by atoms with Crippen LogP contribution in [0.25, 0.3) is 10.9 Å². The number of fused-ring (bicyclic) bond motifs is 1. The molecule has 4 aromatic rings. The highest BCUT2D eigenvalue weighted by Crippen LogP contribution is 2.33. The second kappa shape index (κ2) is 9.79. The number of carbonyl (C=O) groups is 2. The lowest BCUT2D eigenvalue weighted by Crippen LogP contribution is -2.47. The summed E-state index contributed by atoms with van der Waals surface area (Å²) < 4.78 is 0. The molecular formula is C29H28N4O3.